The number of piperidine rings is 1. The molecule has 1 fully saturated rings. The van der Waals surface area contributed by atoms with E-state index in [1.165, 1.54) is 51.4 Å². The van der Waals surface area contributed by atoms with Crippen LogP contribution < -0.4 is 0 Å². The van der Waals surface area contributed by atoms with Gasteiger partial charge in [0.05, 0.1) is 6.61 Å². The van der Waals surface area contributed by atoms with E-state index in [2.05, 4.69) is 11.8 Å². The van der Waals surface area contributed by atoms with Crippen LogP contribution in [0.1, 0.15) is 144 Å². The summed E-state index contributed by atoms with van der Waals surface area (Å²) < 4.78 is 22.5. The minimum atomic E-state index is -1.01. The van der Waals surface area contributed by atoms with E-state index in [0.717, 1.165) is 13.1 Å². The number of hydrogen-bond acceptors (Lipinski definition) is 9. The standard InChI is InChI=1S/C33H59NO8/c1-6-10-11-12-19-27-20-13-14-23-34(27)24-15-21-32(38)40-26(5)33(42-31(37)18-9-4)28(41-30(36)17-8-3)22-25-39-29(35)16-7-2/h26-28,33H,6-25H2,1-5H3/t26-,27?,28+,33+/m0/s1. The molecule has 4 atom stereocenters. The highest BCUT2D eigenvalue weighted by molar-refractivity contribution is 5.71. The molecule has 0 aliphatic carbocycles. The molecule has 0 radical (unpaired) electrons. The number of ether oxygens (including phenoxy) is 4. The van der Waals surface area contributed by atoms with Crippen LogP contribution in [-0.2, 0) is 38.1 Å². The first-order valence-electron chi connectivity index (χ1n) is 16.7. The molecular weight excluding hydrogens is 538 g/mol. The Labute approximate surface area is 254 Å². The Morgan fingerprint density at radius 2 is 1.36 bits per heavy atom. The first-order valence-corrected chi connectivity index (χ1v) is 16.7. The first kappa shape index (κ1) is 37.9. The lowest BCUT2D eigenvalue weighted by Gasteiger charge is -2.36. The zero-order valence-corrected chi connectivity index (χ0v) is 27.2. The van der Waals surface area contributed by atoms with Crippen LogP contribution >= 0.6 is 0 Å². The summed E-state index contributed by atoms with van der Waals surface area (Å²) in [6, 6.07) is 0.595. The number of likely N-dealkylation sites (tertiary alicyclic amines) is 1. The van der Waals surface area contributed by atoms with Gasteiger partial charge in [0.15, 0.2) is 6.10 Å². The molecule has 0 amide bonds. The monoisotopic (exact) mass is 597 g/mol. The summed E-state index contributed by atoms with van der Waals surface area (Å²) in [6.45, 7) is 11.4. The molecule has 42 heavy (non-hydrogen) atoms. The number of hydrogen-bond donors (Lipinski definition) is 0. The molecule has 0 saturated carbocycles. The summed E-state index contributed by atoms with van der Waals surface area (Å²) in [5, 5.41) is 0. The first-order chi connectivity index (χ1) is 20.2. The van der Waals surface area contributed by atoms with Gasteiger partial charge in [-0.3, -0.25) is 19.2 Å². The topological polar surface area (TPSA) is 108 Å². The van der Waals surface area contributed by atoms with Gasteiger partial charge in [-0.05, 0) is 65.0 Å². The highest BCUT2D eigenvalue weighted by Crippen LogP contribution is 2.23. The third kappa shape index (κ3) is 16.5. The van der Waals surface area contributed by atoms with Gasteiger partial charge < -0.3 is 23.8 Å². The van der Waals surface area contributed by atoms with E-state index < -0.39 is 30.3 Å². The molecule has 0 N–H and O–H groups in total. The summed E-state index contributed by atoms with van der Waals surface area (Å²) >= 11 is 0. The molecule has 0 bridgehead atoms. The van der Waals surface area contributed by atoms with Crippen LogP contribution in [0.25, 0.3) is 0 Å². The van der Waals surface area contributed by atoms with Crippen LogP contribution in [0, 0.1) is 0 Å². The average Bonchev–Trinajstić information content (AvgIpc) is 2.94. The molecule has 1 heterocycles. The van der Waals surface area contributed by atoms with Crippen LogP contribution in [0.4, 0.5) is 0 Å². The predicted molar refractivity (Wildman–Crippen MR) is 163 cm³/mol. The number of carbonyl (C=O) groups excluding carboxylic acids is 4. The second-order valence-electron chi connectivity index (χ2n) is 11.6. The maximum atomic E-state index is 12.9. The average molecular weight is 598 g/mol. The molecule has 0 aromatic rings. The molecular formula is C33H59NO8. The van der Waals surface area contributed by atoms with Crippen LogP contribution in [0.5, 0.6) is 0 Å². The Hall–Kier alpha value is -2.16. The lowest BCUT2D eigenvalue weighted by atomic mass is 9.96. The van der Waals surface area contributed by atoms with Crippen LogP contribution in [0.2, 0.25) is 0 Å². The zero-order valence-electron chi connectivity index (χ0n) is 27.2. The Morgan fingerprint density at radius 3 is 2.02 bits per heavy atom. The van der Waals surface area contributed by atoms with E-state index in [9.17, 15) is 19.2 Å². The Morgan fingerprint density at radius 1 is 0.714 bits per heavy atom. The third-order valence-electron chi connectivity index (χ3n) is 7.69. The Kier molecular flexibility index (Phi) is 21.0. The minimum Gasteiger partial charge on any atom is -0.466 e. The lowest BCUT2D eigenvalue weighted by molar-refractivity contribution is -0.186. The number of unbranched alkanes of at least 4 members (excludes halogenated alkanes) is 3. The highest BCUT2D eigenvalue weighted by Gasteiger charge is 2.36. The molecule has 1 aliphatic heterocycles. The molecule has 9 nitrogen and oxygen atoms in total. The fourth-order valence-corrected chi connectivity index (χ4v) is 5.42. The van der Waals surface area contributed by atoms with Crippen molar-refractivity contribution >= 4 is 23.9 Å². The summed E-state index contributed by atoms with van der Waals surface area (Å²) in [6.07, 6.45) is 10.8. The van der Waals surface area contributed by atoms with Gasteiger partial charge >= 0.3 is 23.9 Å². The number of esters is 4. The van der Waals surface area contributed by atoms with Crippen molar-refractivity contribution in [2.45, 2.75) is 168 Å². The SMILES string of the molecule is CCCCCCC1CCCCN1CCCC(=O)O[C@@H](C)[C@@H](OC(=O)CCC)[C@@H](CCOC(=O)CCC)OC(=O)CCC. The van der Waals surface area contributed by atoms with Gasteiger partial charge in [-0.15, -0.1) is 0 Å². The summed E-state index contributed by atoms with van der Waals surface area (Å²) in [5.74, 6) is -1.61. The summed E-state index contributed by atoms with van der Waals surface area (Å²) in [7, 11) is 0. The maximum Gasteiger partial charge on any atom is 0.306 e. The van der Waals surface area contributed by atoms with Crippen molar-refractivity contribution < 1.29 is 38.1 Å². The van der Waals surface area contributed by atoms with Crippen molar-refractivity contribution in [3.63, 3.8) is 0 Å². The van der Waals surface area contributed by atoms with E-state index in [0.29, 0.717) is 38.1 Å². The predicted octanol–water partition coefficient (Wildman–Crippen LogP) is 6.68. The van der Waals surface area contributed by atoms with Crippen molar-refractivity contribution in [3.8, 4) is 0 Å². The van der Waals surface area contributed by atoms with Crippen LogP contribution in [0.15, 0.2) is 0 Å². The molecule has 1 unspecified atom stereocenters. The fraction of sp³-hybridized carbons (Fsp3) is 0.879. The van der Waals surface area contributed by atoms with E-state index >= 15 is 0 Å². The van der Waals surface area contributed by atoms with Gasteiger partial charge in [0.25, 0.3) is 0 Å². The molecule has 244 valence electrons. The summed E-state index contributed by atoms with van der Waals surface area (Å²) in [5.41, 5.74) is 0. The summed E-state index contributed by atoms with van der Waals surface area (Å²) in [4.78, 5) is 52.3. The molecule has 1 rings (SSSR count). The van der Waals surface area contributed by atoms with E-state index in [1.807, 2.05) is 20.8 Å². The minimum absolute atomic E-state index is 0.000839. The van der Waals surface area contributed by atoms with Gasteiger partial charge in [-0.2, -0.15) is 0 Å². The van der Waals surface area contributed by atoms with Gasteiger partial charge in [-0.25, -0.2) is 0 Å². The number of carbonyl (C=O) groups is 4. The van der Waals surface area contributed by atoms with E-state index in [1.54, 1.807) is 6.92 Å². The number of rotatable bonds is 23. The smallest absolute Gasteiger partial charge is 0.306 e. The normalized spacial score (nSPS) is 17.6. The second-order valence-corrected chi connectivity index (χ2v) is 11.6. The number of nitrogens with zero attached hydrogens (tertiary/aromatic N) is 1. The zero-order chi connectivity index (χ0) is 31.2. The Bertz CT molecular complexity index is 773. The second kappa shape index (κ2) is 23.3. The highest BCUT2D eigenvalue weighted by atomic mass is 16.6. The quantitative estimate of drug-likeness (QED) is 0.0724. The molecule has 0 aromatic carbocycles. The van der Waals surface area contributed by atoms with Crippen LogP contribution in [0.3, 0.4) is 0 Å². The molecule has 1 aliphatic rings. The Balaban J connectivity index is 2.81. The third-order valence-corrected chi connectivity index (χ3v) is 7.69. The fourth-order valence-electron chi connectivity index (χ4n) is 5.42. The van der Waals surface area contributed by atoms with E-state index in [-0.39, 0.29) is 44.2 Å². The largest absolute Gasteiger partial charge is 0.466 e. The van der Waals surface area contributed by atoms with Crippen molar-refractivity contribution in [3.05, 3.63) is 0 Å². The van der Waals surface area contributed by atoms with Crippen molar-refractivity contribution in [2.75, 3.05) is 19.7 Å². The van der Waals surface area contributed by atoms with Crippen molar-refractivity contribution in [2.24, 2.45) is 0 Å². The van der Waals surface area contributed by atoms with Crippen molar-refractivity contribution in [1.29, 1.82) is 0 Å². The van der Waals surface area contributed by atoms with Gasteiger partial charge in [0.2, 0.25) is 0 Å². The molecule has 1 saturated heterocycles. The van der Waals surface area contributed by atoms with E-state index in [4.69, 9.17) is 18.9 Å². The molecule has 9 heteroatoms. The van der Waals surface area contributed by atoms with Gasteiger partial charge in [0.1, 0.15) is 12.2 Å². The van der Waals surface area contributed by atoms with Crippen molar-refractivity contribution in [1.82, 2.24) is 4.90 Å². The molecule has 0 spiro atoms. The lowest BCUT2D eigenvalue weighted by Crippen LogP contribution is -2.45. The molecule has 0 aromatic heterocycles. The van der Waals surface area contributed by atoms with Gasteiger partial charge in [-0.1, -0.05) is 59.8 Å². The van der Waals surface area contributed by atoms with Crippen LogP contribution in [-0.4, -0.2) is 72.8 Å². The maximum absolute atomic E-state index is 12.9. The van der Waals surface area contributed by atoms with Gasteiger partial charge in [0, 0.05) is 38.1 Å².